The van der Waals surface area contributed by atoms with Crippen molar-refractivity contribution in [2.24, 2.45) is 0 Å². The second-order valence-corrected chi connectivity index (χ2v) is 5.18. The fourth-order valence-corrected chi connectivity index (χ4v) is 2.49. The van der Waals surface area contributed by atoms with Crippen LogP contribution in [0.15, 0.2) is 54.6 Å². The molecule has 0 aromatic heterocycles. The number of benzene rings is 2. The largest absolute Gasteiger partial charge is 0.478 e. The average molecular weight is 312 g/mol. The molecule has 118 valence electrons. The first-order chi connectivity index (χ1) is 11.1. The van der Waals surface area contributed by atoms with E-state index < -0.39 is 12.1 Å². The number of ether oxygens (including phenoxy) is 1. The molecule has 1 aliphatic rings. The Balaban J connectivity index is 1.65. The van der Waals surface area contributed by atoms with E-state index in [1.165, 1.54) is 6.07 Å². The summed E-state index contributed by atoms with van der Waals surface area (Å²) in [5.41, 5.74) is 1.48. The minimum atomic E-state index is -0.998. The maximum atomic E-state index is 12.0. The molecule has 1 aliphatic heterocycles. The van der Waals surface area contributed by atoms with Gasteiger partial charge in [-0.25, -0.2) is 9.59 Å². The molecule has 23 heavy (non-hydrogen) atoms. The normalized spacial score (nSPS) is 17.0. The topological polar surface area (TPSA) is 78.9 Å². The molecule has 1 heterocycles. The van der Waals surface area contributed by atoms with Crippen molar-refractivity contribution >= 4 is 23.4 Å². The SMILES string of the molecule is O=C(O)c1ccccc1NC[C@H]1CN(c2ccccc2)C(=O)O1. The van der Waals surface area contributed by atoms with Crippen molar-refractivity contribution in [2.75, 3.05) is 23.3 Å². The molecule has 0 bridgehead atoms. The minimum Gasteiger partial charge on any atom is -0.478 e. The summed E-state index contributed by atoms with van der Waals surface area (Å²) in [6.45, 7) is 0.768. The fourth-order valence-electron chi connectivity index (χ4n) is 2.49. The van der Waals surface area contributed by atoms with Gasteiger partial charge in [-0.2, -0.15) is 0 Å². The number of carbonyl (C=O) groups excluding carboxylic acids is 1. The van der Waals surface area contributed by atoms with Crippen LogP contribution in [0.2, 0.25) is 0 Å². The molecule has 0 radical (unpaired) electrons. The van der Waals surface area contributed by atoms with Crippen molar-refractivity contribution in [1.29, 1.82) is 0 Å². The van der Waals surface area contributed by atoms with Gasteiger partial charge in [0.15, 0.2) is 0 Å². The van der Waals surface area contributed by atoms with Gasteiger partial charge in [0.25, 0.3) is 0 Å². The Morgan fingerprint density at radius 1 is 1.17 bits per heavy atom. The number of hydrogen-bond acceptors (Lipinski definition) is 4. The Labute approximate surface area is 133 Å². The quantitative estimate of drug-likeness (QED) is 0.887. The van der Waals surface area contributed by atoms with Gasteiger partial charge < -0.3 is 15.2 Å². The lowest BCUT2D eigenvalue weighted by Crippen LogP contribution is -2.27. The monoisotopic (exact) mass is 312 g/mol. The van der Waals surface area contributed by atoms with Crippen LogP contribution in [0.3, 0.4) is 0 Å². The second kappa shape index (κ2) is 6.39. The standard InChI is InChI=1S/C17H16N2O4/c20-16(21)14-8-4-5-9-15(14)18-10-13-11-19(17(22)23-13)12-6-2-1-3-7-12/h1-9,13,18H,10-11H2,(H,20,21)/t13-/m0/s1. The third kappa shape index (κ3) is 3.26. The highest BCUT2D eigenvalue weighted by atomic mass is 16.6. The summed E-state index contributed by atoms with van der Waals surface area (Å²) in [5, 5.41) is 12.2. The number of hydrogen-bond donors (Lipinski definition) is 2. The highest BCUT2D eigenvalue weighted by Gasteiger charge is 2.32. The molecule has 1 atom stereocenters. The zero-order valence-electron chi connectivity index (χ0n) is 12.3. The van der Waals surface area contributed by atoms with Gasteiger partial charge in [0.2, 0.25) is 0 Å². The van der Waals surface area contributed by atoms with Crippen molar-refractivity contribution in [1.82, 2.24) is 0 Å². The molecule has 1 amide bonds. The number of carboxylic acid groups (broad SMARTS) is 1. The third-order valence-electron chi connectivity index (χ3n) is 3.62. The highest BCUT2D eigenvalue weighted by Crippen LogP contribution is 2.22. The van der Waals surface area contributed by atoms with Crippen LogP contribution in [0.1, 0.15) is 10.4 Å². The Kier molecular flexibility index (Phi) is 4.14. The predicted molar refractivity (Wildman–Crippen MR) is 85.9 cm³/mol. The van der Waals surface area contributed by atoms with Gasteiger partial charge in [0.05, 0.1) is 18.7 Å². The number of anilines is 2. The molecule has 1 fully saturated rings. The number of nitrogens with one attached hydrogen (secondary N) is 1. The van der Waals surface area contributed by atoms with E-state index in [1.54, 1.807) is 23.1 Å². The number of nitrogens with zero attached hydrogens (tertiary/aromatic N) is 1. The van der Waals surface area contributed by atoms with E-state index in [9.17, 15) is 9.59 Å². The lowest BCUT2D eigenvalue weighted by molar-refractivity contribution is 0.0697. The molecular formula is C17H16N2O4. The van der Waals surface area contributed by atoms with E-state index in [2.05, 4.69) is 5.32 Å². The van der Waals surface area contributed by atoms with Gasteiger partial charge in [-0.15, -0.1) is 0 Å². The number of para-hydroxylation sites is 2. The lowest BCUT2D eigenvalue weighted by atomic mass is 10.1. The first-order valence-electron chi connectivity index (χ1n) is 7.24. The Bertz CT molecular complexity index is 718. The average Bonchev–Trinajstić information content (AvgIpc) is 2.95. The van der Waals surface area contributed by atoms with Crippen LogP contribution < -0.4 is 10.2 Å². The van der Waals surface area contributed by atoms with Crippen LogP contribution in [-0.4, -0.2) is 36.4 Å². The number of aromatic carboxylic acids is 1. The Morgan fingerprint density at radius 2 is 1.87 bits per heavy atom. The number of carboxylic acids is 1. The molecule has 2 N–H and O–H groups in total. The van der Waals surface area contributed by atoms with Crippen LogP contribution in [0.25, 0.3) is 0 Å². The third-order valence-corrected chi connectivity index (χ3v) is 3.62. The molecule has 3 rings (SSSR count). The summed E-state index contributed by atoms with van der Waals surface area (Å²) >= 11 is 0. The Hall–Kier alpha value is -3.02. The van der Waals surface area contributed by atoms with Crippen molar-refractivity contribution in [3.8, 4) is 0 Å². The van der Waals surface area contributed by atoms with Gasteiger partial charge in [-0.3, -0.25) is 4.90 Å². The van der Waals surface area contributed by atoms with Crippen LogP contribution >= 0.6 is 0 Å². The minimum absolute atomic E-state index is 0.191. The number of amides is 1. The van der Waals surface area contributed by atoms with E-state index in [4.69, 9.17) is 9.84 Å². The summed E-state index contributed by atoms with van der Waals surface area (Å²) in [4.78, 5) is 24.7. The zero-order chi connectivity index (χ0) is 16.2. The predicted octanol–water partition coefficient (Wildman–Crippen LogP) is 2.82. The van der Waals surface area contributed by atoms with Crippen molar-refractivity contribution in [3.05, 3.63) is 60.2 Å². The van der Waals surface area contributed by atoms with Crippen LogP contribution in [0.5, 0.6) is 0 Å². The molecule has 0 saturated carbocycles. The zero-order valence-corrected chi connectivity index (χ0v) is 12.3. The molecule has 2 aromatic rings. The smallest absolute Gasteiger partial charge is 0.414 e. The molecule has 0 unspecified atom stereocenters. The molecule has 1 saturated heterocycles. The van der Waals surface area contributed by atoms with Gasteiger partial charge in [0, 0.05) is 11.4 Å². The summed E-state index contributed by atoms with van der Waals surface area (Å²) in [6.07, 6.45) is -0.737. The second-order valence-electron chi connectivity index (χ2n) is 5.18. The van der Waals surface area contributed by atoms with Gasteiger partial charge in [0.1, 0.15) is 6.10 Å². The molecule has 0 aliphatic carbocycles. The summed E-state index contributed by atoms with van der Waals surface area (Å²) in [7, 11) is 0. The molecule has 0 spiro atoms. The van der Waals surface area contributed by atoms with Gasteiger partial charge in [-0.1, -0.05) is 30.3 Å². The maximum Gasteiger partial charge on any atom is 0.414 e. The first-order valence-corrected chi connectivity index (χ1v) is 7.24. The van der Waals surface area contributed by atoms with Crippen molar-refractivity contribution < 1.29 is 19.4 Å². The van der Waals surface area contributed by atoms with E-state index in [1.807, 2.05) is 30.3 Å². The highest BCUT2D eigenvalue weighted by molar-refractivity contribution is 5.94. The fraction of sp³-hybridized carbons (Fsp3) is 0.176. The lowest BCUT2D eigenvalue weighted by Gasteiger charge is -2.14. The summed E-state index contributed by atoms with van der Waals surface area (Å²) in [6, 6.07) is 15.9. The number of carbonyl (C=O) groups is 2. The first kappa shape index (κ1) is 14.9. The van der Waals surface area contributed by atoms with E-state index in [0.717, 1.165) is 5.69 Å². The molecular weight excluding hydrogens is 296 g/mol. The van der Waals surface area contributed by atoms with Gasteiger partial charge >= 0.3 is 12.1 Å². The Morgan fingerprint density at radius 3 is 2.61 bits per heavy atom. The van der Waals surface area contributed by atoms with Crippen LogP contribution in [0.4, 0.5) is 16.2 Å². The summed E-state index contributed by atoms with van der Waals surface area (Å²) in [5.74, 6) is -0.998. The number of rotatable bonds is 5. The van der Waals surface area contributed by atoms with Crippen LogP contribution in [0, 0.1) is 0 Å². The van der Waals surface area contributed by atoms with Crippen molar-refractivity contribution in [2.45, 2.75) is 6.10 Å². The molecule has 6 nitrogen and oxygen atoms in total. The van der Waals surface area contributed by atoms with E-state index in [0.29, 0.717) is 18.8 Å². The van der Waals surface area contributed by atoms with Crippen LogP contribution in [-0.2, 0) is 4.74 Å². The van der Waals surface area contributed by atoms with E-state index >= 15 is 0 Å². The maximum absolute atomic E-state index is 12.0. The molecule has 6 heteroatoms. The van der Waals surface area contributed by atoms with E-state index in [-0.39, 0.29) is 11.7 Å². The van der Waals surface area contributed by atoms with Crippen molar-refractivity contribution in [3.63, 3.8) is 0 Å². The molecule has 2 aromatic carbocycles. The summed E-state index contributed by atoms with van der Waals surface area (Å²) < 4.78 is 5.33. The van der Waals surface area contributed by atoms with Gasteiger partial charge in [-0.05, 0) is 24.3 Å². The number of cyclic esters (lactones) is 1.